The Bertz CT molecular complexity index is 890. The lowest BCUT2D eigenvalue weighted by Crippen LogP contribution is -2.31. The van der Waals surface area contributed by atoms with E-state index in [1.165, 1.54) is 5.56 Å². The van der Waals surface area contributed by atoms with Crippen molar-refractivity contribution in [1.82, 2.24) is 4.98 Å². The van der Waals surface area contributed by atoms with E-state index in [0.29, 0.717) is 23.7 Å². The number of hydrogen-bond acceptors (Lipinski definition) is 3. The predicted molar refractivity (Wildman–Crippen MR) is 104 cm³/mol. The van der Waals surface area contributed by atoms with Crippen LogP contribution >= 0.6 is 0 Å². The van der Waals surface area contributed by atoms with E-state index in [-0.39, 0.29) is 5.91 Å². The van der Waals surface area contributed by atoms with Crippen molar-refractivity contribution in [3.8, 4) is 11.6 Å². The number of amides is 1. The molecule has 0 saturated heterocycles. The van der Waals surface area contributed by atoms with Gasteiger partial charge >= 0.3 is 0 Å². The summed E-state index contributed by atoms with van der Waals surface area (Å²) >= 11 is 0. The van der Waals surface area contributed by atoms with Crippen molar-refractivity contribution in [3.63, 3.8) is 0 Å². The lowest BCUT2D eigenvalue weighted by Gasteiger charge is -2.23. The number of nitrogens with zero attached hydrogens (tertiary/aromatic N) is 2. The van der Waals surface area contributed by atoms with Crippen molar-refractivity contribution in [2.24, 2.45) is 0 Å². The van der Waals surface area contributed by atoms with Crippen molar-refractivity contribution >= 4 is 11.6 Å². The zero-order valence-electron chi connectivity index (χ0n) is 15.3. The summed E-state index contributed by atoms with van der Waals surface area (Å²) in [4.78, 5) is 19.0. The summed E-state index contributed by atoms with van der Waals surface area (Å²) in [5.41, 5.74) is 3.72. The van der Waals surface area contributed by atoms with Gasteiger partial charge in [-0.2, -0.15) is 0 Å². The number of carbonyl (C=O) groups excluding carboxylic acids is 1. The summed E-state index contributed by atoms with van der Waals surface area (Å²) in [7, 11) is 0. The Kier molecular flexibility index (Phi) is 5.32. The summed E-state index contributed by atoms with van der Waals surface area (Å²) in [6.45, 7) is 6.63. The molecule has 1 amide bonds. The second kappa shape index (κ2) is 7.83. The second-order valence-corrected chi connectivity index (χ2v) is 6.14. The highest BCUT2D eigenvalue weighted by molar-refractivity contribution is 6.06. The van der Waals surface area contributed by atoms with E-state index in [2.05, 4.69) is 11.1 Å². The average Bonchev–Trinajstić information content (AvgIpc) is 2.65. The molecule has 3 rings (SSSR count). The van der Waals surface area contributed by atoms with Gasteiger partial charge in [-0.1, -0.05) is 35.9 Å². The zero-order valence-corrected chi connectivity index (χ0v) is 15.3. The van der Waals surface area contributed by atoms with E-state index in [1.54, 1.807) is 23.2 Å². The van der Waals surface area contributed by atoms with Gasteiger partial charge in [-0.05, 0) is 50.6 Å². The van der Waals surface area contributed by atoms with Gasteiger partial charge in [-0.3, -0.25) is 4.79 Å². The summed E-state index contributed by atoms with van der Waals surface area (Å²) in [6.07, 6.45) is 1.56. The monoisotopic (exact) mass is 346 g/mol. The molecule has 3 aromatic rings. The fourth-order valence-electron chi connectivity index (χ4n) is 2.86. The third-order valence-electron chi connectivity index (χ3n) is 4.15. The maximum atomic E-state index is 12.9. The van der Waals surface area contributed by atoms with Crippen LogP contribution in [0.3, 0.4) is 0 Å². The molecule has 0 aliphatic rings. The first-order valence-corrected chi connectivity index (χ1v) is 8.66. The molecule has 0 aliphatic carbocycles. The molecule has 0 saturated carbocycles. The number of rotatable bonds is 5. The zero-order chi connectivity index (χ0) is 18.5. The Labute approximate surface area is 154 Å². The van der Waals surface area contributed by atoms with E-state index in [1.807, 2.05) is 63.2 Å². The van der Waals surface area contributed by atoms with Crippen LogP contribution in [0.2, 0.25) is 0 Å². The van der Waals surface area contributed by atoms with E-state index < -0.39 is 0 Å². The highest BCUT2D eigenvalue weighted by Gasteiger charge is 2.18. The van der Waals surface area contributed by atoms with E-state index >= 15 is 0 Å². The molecule has 0 unspecified atom stereocenters. The summed E-state index contributed by atoms with van der Waals surface area (Å²) in [5.74, 6) is 1.10. The average molecular weight is 346 g/mol. The van der Waals surface area contributed by atoms with Crippen molar-refractivity contribution in [3.05, 3.63) is 83.6 Å². The largest absolute Gasteiger partial charge is 0.439 e. The molecular formula is C22H22N2O2. The van der Waals surface area contributed by atoms with Gasteiger partial charge < -0.3 is 9.64 Å². The first-order valence-electron chi connectivity index (χ1n) is 8.66. The van der Waals surface area contributed by atoms with Crippen LogP contribution in [0.15, 0.2) is 66.9 Å². The van der Waals surface area contributed by atoms with Crippen LogP contribution in [-0.2, 0) is 0 Å². The molecule has 2 aromatic carbocycles. The Morgan fingerprint density at radius 1 is 1.04 bits per heavy atom. The normalized spacial score (nSPS) is 10.4. The summed E-state index contributed by atoms with van der Waals surface area (Å²) < 4.78 is 5.68. The van der Waals surface area contributed by atoms with Gasteiger partial charge in [-0.15, -0.1) is 0 Å². The molecule has 0 atom stereocenters. The van der Waals surface area contributed by atoms with Crippen LogP contribution in [-0.4, -0.2) is 17.4 Å². The van der Waals surface area contributed by atoms with Gasteiger partial charge in [-0.25, -0.2) is 4.98 Å². The molecule has 0 N–H and O–H groups in total. The molecular weight excluding hydrogens is 324 g/mol. The molecule has 1 aromatic heterocycles. The molecule has 132 valence electrons. The first-order chi connectivity index (χ1) is 12.6. The van der Waals surface area contributed by atoms with Gasteiger partial charge in [0.05, 0.1) is 5.56 Å². The lowest BCUT2D eigenvalue weighted by molar-refractivity contribution is 0.0987. The van der Waals surface area contributed by atoms with Crippen molar-refractivity contribution in [2.75, 3.05) is 11.4 Å². The Hall–Kier alpha value is -3.14. The SMILES string of the molecule is CCN(C(=O)c1ccc(Oc2ccccc2)nc1)c1ccc(C)cc1C. The van der Waals surface area contributed by atoms with Crippen LogP contribution in [0.25, 0.3) is 0 Å². The van der Waals surface area contributed by atoms with E-state index in [0.717, 1.165) is 11.3 Å². The Morgan fingerprint density at radius 2 is 1.81 bits per heavy atom. The van der Waals surface area contributed by atoms with E-state index in [9.17, 15) is 4.79 Å². The van der Waals surface area contributed by atoms with Gasteiger partial charge in [0, 0.05) is 24.5 Å². The lowest BCUT2D eigenvalue weighted by atomic mass is 10.1. The van der Waals surface area contributed by atoms with Gasteiger partial charge in [0.1, 0.15) is 5.75 Å². The standard InChI is InChI=1S/C22H22N2O2/c1-4-24(20-12-10-16(2)14-17(20)3)22(25)18-11-13-21(23-15-18)26-19-8-6-5-7-9-19/h5-15H,4H2,1-3H3. The number of carbonyl (C=O) groups is 1. The smallest absolute Gasteiger partial charge is 0.259 e. The maximum Gasteiger partial charge on any atom is 0.259 e. The Balaban J connectivity index is 1.80. The van der Waals surface area contributed by atoms with Gasteiger partial charge in [0.2, 0.25) is 5.88 Å². The maximum absolute atomic E-state index is 12.9. The third kappa shape index (κ3) is 3.91. The van der Waals surface area contributed by atoms with Crippen LogP contribution in [0.4, 0.5) is 5.69 Å². The number of ether oxygens (including phenoxy) is 1. The topological polar surface area (TPSA) is 42.4 Å². The molecule has 4 nitrogen and oxygen atoms in total. The van der Waals surface area contributed by atoms with Crippen LogP contribution in [0, 0.1) is 13.8 Å². The number of hydrogen-bond donors (Lipinski definition) is 0. The van der Waals surface area contributed by atoms with Crippen LogP contribution in [0.5, 0.6) is 11.6 Å². The van der Waals surface area contributed by atoms with Crippen LogP contribution < -0.4 is 9.64 Å². The van der Waals surface area contributed by atoms with Crippen molar-refractivity contribution in [2.45, 2.75) is 20.8 Å². The molecule has 1 heterocycles. The summed E-state index contributed by atoms with van der Waals surface area (Å²) in [6, 6.07) is 19.0. The fraction of sp³-hybridized carbons (Fsp3) is 0.182. The first kappa shape index (κ1) is 17.7. The molecule has 4 heteroatoms. The minimum atomic E-state index is -0.0711. The van der Waals surface area contributed by atoms with Crippen molar-refractivity contribution < 1.29 is 9.53 Å². The minimum absolute atomic E-state index is 0.0711. The predicted octanol–water partition coefficient (Wildman–Crippen LogP) is 5.16. The number of aryl methyl sites for hydroxylation is 2. The second-order valence-electron chi connectivity index (χ2n) is 6.14. The highest BCUT2D eigenvalue weighted by atomic mass is 16.5. The molecule has 0 spiro atoms. The summed E-state index contributed by atoms with van der Waals surface area (Å²) in [5, 5.41) is 0. The number of anilines is 1. The molecule has 0 fully saturated rings. The third-order valence-corrected chi connectivity index (χ3v) is 4.15. The van der Waals surface area contributed by atoms with Gasteiger partial charge in [0.25, 0.3) is 5.91 Å². The van der Waals surface area contributed by atoms with Crippen molar-refractivity contribution in [1.29, 1.82) is 0 Å². The fourth-order valence-corrected chi connectivity index (χ4v) is 2.86. The number of pyridine rings is 1. The van der Waals surface area contributed by atoms with Crippen LogP contribution in [0.1, 0.15) is 28.4 Å². The number of para-hydroxylation sites is 1. The number of benzene rings is 2. The molecule has 0 bridgehead atoms. The molecule has 0 radical (unpaired) electrons. The quantitative estimate of drug-likeness (QED) is 0.641. The van der Waals surface area contributed by atoms with Gasteiger partial charge in [0.15, 0.2) is 0 Å². The van der Waals surface area contributed by atoms with E-state index in [4.69, 9.17) is 4.74 Å². The highest BCUT2D eigenvalue weighted by Crippen LogP contribution is 2.24. The minimum Gasteiger partial charge on any atom is -0.439 e. The number of aromatic nitrogens is 1. The molecule has 0 aliphatic heterocycles. The Morgan fingerprint density at radius 3 is 2.42 bits per heavy atom. The molecule has 26 heavy (non-hydrogen) atoms.